The van der Waals surface area contributed by atoms with Crippen molar-refractivity contribution in [3.8, 4) is 5.75 Å². The predicted octanol–water partition coefficient (Wildman–Crippen LogP) is 4.29. The number of rotatable bonds is 4. The first kappa shape index (κ1) is 13.0. The number of fused-ring (bicyclic) bond motifs is 1. The third-order valence-corrected chi connectivity index (χ3v) is 3.62. The lowest BCUT2D eigenvalue weighted by atomic mass is 10.2. The molecule has 2 heterocycles. The lowest BCUT2D eigenvalue weighted by Gasteiger charge is -2.04. The summed E-state index contributed by atoms with van der Waals surface area (Å²) in [5.74, 6) is 0.761. The van der Waals surface area contributed by atoms with Crippen LogP contribution in [0.1, 0.15) is 12.5 Å². The molecule has 0 fully saturated rings. The van der Waals surface area contributed by atoms with E-state index in [2.05, 4.69) is 28.7 Å². The van der Waals surface area contributed by atoms with E-state index in [0.717, 1.165) is 33.8 Å². The number of nitrogens with zero attached hydrogens (tertiary/aromatic N) is 2. The Kier molecular flexibility index (Phi) is 3.61. The fourth-order valence-electron chi connectivity index (χ4n) is 2.36. The Hall–Kier alpha value is -2.00. The van der Waals surface area contributed by atoms with E-state index in [1.807, 2.05) is 24.3 Å². The molecule has 3 nitrogen and oxygen atoms in total. The molecule has 102 valence electrons. The molecular formula is C16H15ClN2O. The van der Waals surface area contributed by atoms with E-state index >= 15 is 0 Å². The van der Waals surface area contributed by atoms with E-state index in [4.69, 9.17) is 16.3 Å². The molecule has 2 aromatic heterocycles. The number of aromatic nitrogens is 2. The van der Waals surface area contributed by atoms with E-state index in [1.165, 1.54) is 0 Å². The van der Waals surface area contributed by atoms with Gasteiger partial charge in [-0.15, -0.1) is 0 Å². The Balaban J connectivity index is 1.95. The monoisotopic (exact) mass is 286 g/mol. The molecule has 0 unspecified atom stereocenters. The van der Waals surface area contributed by atoms with E-state index in [1.54, 1.807) is 12.4 Å². The average Bonchev–Trinajstić information content (AvgIpc) is 2.86. The second-order valence-electron chi connectivity index (χ2n) is 4.55. The molecule has 0 aliphatic rings. The maximum absolute atomic E-state index is 6.33. The van der Waals surface area contributed by atoms with Crippen LogP contribution in [0.5, 0.6) is 5.75 Å². The third-order valence-electron chi connectivity index (χ3n) is 3.30. The summed E-state index contributed by atoms with van der Waals surface area (Å²) in [6.45, 7) is 3.51. The molecule has 0 saturated carbocycles. The number of hydrogen-bond acceptors (Lipinski definition) is 2. The third kappa shape index (κ3) is 2.37. The number of pyridine rings is 1. The van der Waals surface area contributed by atoms with Crippen molar-refractivity contribution in [1.29, 1.82) is 0 Å². The summed E-state index contributed by atoms with van der Waals surface area (Å²) in [5.41, 5.74) is 2.24. The Morgan fingerprint density at radius 2 is 2.15 bits per heavy atom. The normalized spacial score (nSPS) is 10.9. The van der Waals surface area contributed by atoms with Crippen molar-refractivity contribution in [2.45, 2.75) is 20.1 Å². The minimum absolute atomic E-state index is 0.485. The van der Waals surface area contributed by atoms with Gasteiger partial charge in [0.1, 0.15) is 12.4 Å². The van der Waals surface area contributed by atoms with Crippen LogP contribution in [0.25, 0.3) is 10.9 Å². The number of halogens is 1. The van der Waals surface area contributed by atoms with Gasteiger partial charge < -0.3 is 9.30 Å². The van der Waals surface area contributed by atoms with Gasteiger partial charge in [-0.2, -0.15) is 0 Å². The van der Waals surface area contributed by atoms with Gasteiger partial charge in [-0.3, -0.25) is 4.98 Å². The smallest absolute Gasteiger partial charge is 0.138 e. The molecule has 3 rings (SSSR count). The Morgan fingerprint density at radius 3 is 2.90 bits per heavy atom. The highest BCUT2D eigenvalue weighted by molar-refractivity contribution is 6.35. The molecule has 3 aromatic rings. The fraction of sp³-hybridized carbons (Fsp3) is 0.188. The SMILES string of the molecule is CCn1cc(COc2cccnc2)c2c(Cl)cccc21. The Morgan fingerprint density at radius 1 is 1.25 bits per heavy atom. The van der Waals surface area contributed by atoms with Crippen molar-refractivity contribution >= 4 is 22.5 Å². The van der Waals surface area contributed by atoms with Crippen molar-refractivity contribution in [3.63, 3.8) is 0 Å². The minimum Gasteiger partial charge on any atom is -0.487 e. The lowest BCUT2D eigenvalue weighted by Crippen LogP contribution is -1.95. The van der Waals surface area contributed by atoms with Gasteiger partial charge in [0.15, 0.2) is 0 Å². The summed E-state index contributed by atoms with van der Waals surface area (Å²) >= 11 is 6.33. The van der Waals surface area contributed by atoms with E-state index in [-0.39, 0.29) is 0 Å². The molecule has 0 atom stereocenters. The van der Waals surface area contributed by atoms with Crippen LogP contribution in [0.3, 0.4) is 0 Å². The molecule has 0 aliphatic carbocycles. The summed E-state index contributed by atoms with van der Waals surface area (Å²) in [6.07, 6.45) is 5.54. The molecule has 0 saturated heterocycles. The van der Waals surface area contributed by atoms with Crippen LogP contribution >= 0.6 is 11.6 Å². The summed E-state index contributed by atoms with van der Waals surface area (Å²) in [5, 5.41) is 1.83. The molecule has 0 radical (unpaired) electrons. The van der Waals surface area contributed by atoms with Crippen LogP contribution in [-0.2, 0) is 13.2 Å². The first-order chi connectivity index (χ1) is 9.79. The van der Waals surface area contributed by atoms with Crippen LogP contribution in [0.4, 0.5) is 0 Å². The van der Waals surface area contributed by atoms with Gasteiger partial charge in [-0.25, -0.2) is 0 Å². The Bertz CT molecular complexity index is 722. The summed E-state index contributed by atoms with van der Waals surface area (Å²) < 4.78 is 7.96. The highest BCUT2D eigenvalue weighted by Gasteiger charge is 2.11. The number of benzene rings is 1. The molecule has 0 spiro atoms. The van der Waals surface area contributed by atoms with E-state index < -0.39 is 0 Å². The number of hydrogen-bond donors (Lipinski definition) is 0. The molecule has 0 aliphatic heterocycles. The molecule has 4 heteroatoms. The fourth-order valence-corrected chi connectivity index (χ4v) is 2.65. The van der Waals surface area contributed by atoms with Crippen molar-refractivity contribution in [2.24, 2.45) is 0 Å². The van der Waals surface area contributed by atoms with Gasteiger partial charge in [-0.05, 0) is 31.2 Å². The topological polar surface area (TPSA) is 27.1 Å². The molecule has 20 heavy (non-hydrogen) atoms. The van der Waals surface area contributed by atoms with Gasteiger partial charge >= 0.3 is 0 Å². The summed E-state index contributed by atoms with van der Waals surface area (Å²) in [4.78, 5) is 4.04. The van der Waals surface area contributed by atoms with Crippen LogP contribution in [0.15, 0.2) is 48.9 Å². The van der Waals surface area contributed by atoms with Crippen LogP contribution < -0.4 is 4.74 Å². The zero-order valence-corrected chi connectivity index (χ0v) is 12.0. The predicted molar refractivity (Wildman–Crippen MR) is 81.2 cm³/mol. The van der Waals surface area contributed by atoms with Gasteiger partial charge in [0.05, 0.1) is 11.2 Å². The quantitative estimate of drug-likeness (QED) is 0.715. The van der Waals surface area contributed by atoms with Crippen molar-refractivity contribution < 1.29 is 4.74 Å². The Labute approximate surface area is 122 Å². The van der Waals surface area contributed by atoms with Crippen LogP contribution in [0.2, 0.25) is 5.02 Å². The van der Waals surface area contributed by atoms with Crippen molar-refractivity contribution in [3.05, 3.63) is 59.5 Å². The highest BCUT2D eigenvalue weighted by Crippen LogP contribution is 2.29. The van der Waals surface area contributed by atoms with Gasteiger partial charge in [0, 0.05) is 35.4 Å². The first-order valence-corrected chi connectivity index (χ1v) is 6.96. The van der Waals surface area contributed by atoms with E-state index in [0.29, 0.717) is 6.61 Å². The maximum atomic E-state index is 6.33. The average molecular weight is 287 g/mol. The van der Waals surface area contributed by atoms with Crippen molar-refractivity contribution in [1.82, 2.24) is 9.55 Å². The maximum Gasteiger partial charge on any atom is 0.138 e. The second-order valence-corrected chi connectivity index (χ2v) is 4.96. The standard InChI is InChI=1S/C16H15ClN2O/c1-2-19-10-12(11-20-13-5-4-8-18-9-13)16-14(17)6-3-7-15(16)19/h3-10H,2,11H2,1H3. The molecule has 0 bridgehead atoms. The zero-order valence-electron chi connectivity index (χ0n) is 11.2. The van der Waals surface area contributed by atoms with Crippen molar-refractivity contribution in [2.75, 3.05) is 0 Å². The van der Waals surface area contributed by atoms with Gasteiger partial charge in [0.25, 0.3) is 0 Å². The van der Waals surface area contributed by atoms with Crippen LogP contribution in [-0.4, -0.2) is 9.55 Å². The number of aryl methyl sites for hydroxylation is 1. The first-order valence-electron chi connectivity index (χ1n) is 6.58. The number of ether oxygens (including phenoxy) is 1. The molecule has 1 aromatic carbocycles. The van der Waals surface area contributed by atoms with Gasteiger partial charge in [-0.1, -0.05) is 17.7 Å². The summed E-state index contributed by atoms with van der Waals surface area (Å²) in [7, 11) is 0. The largest absolute Gasteiger partial charge is 0.487 e. The molecular weight excluding hydrogens is 272 g/mol. The second kappa shape index (κ2) is 5.55. The molecule has 0 amide bonds. The van der Waals surface area contributed by atoms with E-state index in [9.17, 15) is 0 Å². The van der Waals surface area contributed by atoms with Crippen LogP contribution in [0, 0.1) is 0 Å². The van der Waals surface area contributed by atoms with Gasteiger partial charge in [0.2, 0.25) is 0 Å². The molecule has 0 N–H and O–H groups in total. The lowest BCUT2D eigenvalue weighted by molar-refractivity contribution is 0.306. The zero-order chi connectivity index (χ0) is 13.9. The minimum atomic E-state index is 0.485. The highest BCUT2D eigenvalue weighted by atomic mass is 35.5. The summed E-state index contributed by atoms with van der Waals surface area (Å²) in [6, 6.07) is 9.73.